The Balaban J connectivity index is 1.67. The van der Waals surface area contributed by atoms with Crippen LogP contribution in [0.1, 0.15) is 42.5 Å². The molecule has 1 aromatic carbocycles. The molecule has 0 radical (unpaired) electrons. The zero-order valence-corrected chi connectivity index (χ0v) is 11.0. The molecule has 19 heavy (non-hydrogen) atoms. The number of aromatic nitrogens is 3. The van der Waals surface area contributed by atoms with Crippen LogP contribution >= 0.6 is 0 Å². The van der Waals surface area contributed by atoms with Crippen molar-refractivity contribution in [2.24, 2.45) is 0 Å². The highest BCUT2D eigenvalue weighted by Crippen LogP contribution is 2.33. The second-order valence-electron chi connectivity index (χ2n) is 5.49. The lowest BCUT2D eigenvalue weighted by atomic mass is 10.1. The first-order valence-corrected chi connectivity index (χ1v) is 7.18. The Kier molecular flexibility index (Phi) is 2.53. The molecule has 1 aromatic heterocycles. The van der Waals surface area contributed by atoms with Crippen LogP contribution in [0.3, 0.4) is 0 Å². The Morgan fingerprint density at radius 3 is 3.00 bits per heavy atom. The molecule has 0 amide bonds. The molecule has 0 fully saturated rings. The van der Waals surface area contributed by atoms with Crippen LogP contribution in [0, 0.1) is 0 Å². The first-order valence-electron chi connectivity index (χ1n) is 7.18. The summed E-state index contributed by atoms with van der Waals surface area (Å²) < 4.78 is 2.34. The van der Waals surface area contributed by atoms with Crippen molar-refractivity contribution in [3.8, 4) is 0 Å². The van der Waals surface area contributed by atoms with Crippen molar-refractivity contribution in [3.63, 3.8) is 0 Å². The highest BCUT2D eigenvalue weighted by molar-refractivity contribution is 5.57. The van der Waals surface area contributed by atoms with Crippen LogP contribution in [-0.2, 0) is 19.4 Å². The van der Waals surface area contributed by atoms with E-state index in [0.29, 0.717) is 0 Å². The molecule has 1 N–H and O–H groups in total. The summed E-state index contributed by atoms with van der Waals surface area (Å²) in [7, 11) is 0. The van der Waals surface area contributed by atoms with Crippen LogP contribution < -0.4 is 5.32 Å². The van der Waals surface area contributed by atoms with E-state index in [0.717, 1.165) is 25.2 Å². The molecule has 2 aliphatic heterocycles. The molecular formula is C15H18N4. The molecule has 0 aliphatic carbocycles. The summed E-state index contributed by atoms with van der Waals surface area (Å²) in [6.45, 7) is 1.08. The molecule has 3 heterocycles. The summed E-state index contributed by atoms with van der Waals surface area (Å²) in [5, 5.41) is 12.4. The van der Waals surface area contributed by atoms with Gasteiger partial charge in [0, 0.05) is 25.1 Å². The SMILES string of the molecule is c1ccc2c(c1)CC(c1nnc3n1CCCCC3)N2. The van der Waals surface area contributed by atoms with Crippen LogP contribution in [0.25, 0.3) is 0 Å². The van der Waals surface area contributed by atoms with Crippen molar-refractivity contribution in [1.29, 1.82) is 0 Å². The van der Waals surface area contributed by atoms with Crippen molar-refractivity contribution in [2.75, 3.05) is 5.32 Å². The van der Waals surface area contributed by atoms with Gasteiger partial charge in [0.2, 0.25) is 0 Å². The van der Waals surface area contributed by atoms with Crippen LogP contribution in [0.5, 0.6) is 0 Å². The molecular weight excluding hydrogens is 236 g/mol. The summed E-state index contributed by atoms with van der Waals surface area (Å²) in [5.74, 6) is 2.29. The fraction of sp³-hybridized carbons (Fsp3) is 0.467. The van der Waals surface area contributed by atoms with Crippen LogP contribution in [0.2, 0.25) is 0 Å². The fourth-order valence-corrected chi connectivity index (χ4v) is 3.22. The lowest BCUT2D eigenvalue weighted by Gasteiger charge is -2.13. The van der Waals surface area contributed by atoms with Gasteiger partial charge in [-0.1, -0.05) is 24.6 Å². The lowest BCUT2D eigenvalue weighted by molar-refractivity contribution is 0.582. The van der Waals surface area contributed by atoms with Gasteiger partial charge in [-0.25, -0.2) is 0 Å². The van der Waals surface area contributed by atoms with Crippen molar-refractivity contribution in [1.82, 2.24) is 14.8 Å². The van der Waals surface area contributed by atoms with E-state index >= 15 is 0 Å². The van der Waals surface area contributed by atoms with Crippen molar-refractivity contribution < 1.29 is 0 Å². The third-order valence-corrected chi connectivity index (χ3v) is 4.22. The molecule has 4 heteroatoms. The second-order valence-corrected chi connectivity index (χ2v) is 5.49. The maximum Gasteiger partial charge on any atom is 0.155 e. The summed E-state index contributed by atoms with van der Waals surface area (Å²) in [4.78, 5) is 0. The van der Waals surface area contributed by atoms with Gasteiger partial charge < -0.3 is 9.88 Å². The number of fused-ring (bicyclic) bond motifs is 2. The van der Waals surface area contributed by atoms with Crippen LogP contribution in [0.4, 0.5) is 5.69 Å². The standard InChI is InChI=1S/C15H18N4/c1-2-8-14-17-18-15(19(14)9-5-1)13-10-11-6-3-4-7-12(11)16-13/h3-4,6-7,13,16H,1-2,5,8-10H2. The number of nitrogens with one attached hydrogen (secondary N) is 1. The highest BCUT2D eigenvalue weighted by atomic mass is 15.3. The third-order valence-electron chi connectivity index (χ3n) is 4.22. The van der Waals surface area contributed by atoms with E-state index in [2.05, 4.69) is 44.3 Å². The largest absolute Gasteiger partial charge is 0.375 e. The average Bonchev–Trinajstić information content (AvgIpc) is 2.96. The van der Waals surface area contributed by atoms with Gasteiger partial charge in [0.1, 0.15) is 5.82 Å². The van der Waals surface area contributed by atoms with E-state index in [4.69, 9.17) is 0 Å². The maximum absolute atomic E-state index is 4.45. The summed E-state index contributed by atoms with van der Waals surface area (Å²) >= 11 is 0. The van der Waals surface area contributed by atoms with E-state index in [1.54, 1.807) is 0 Å². The maximum atomic E-state index is 4.45. The van der Waals surface area contributed by atoms with Crippen molar-refractivity contribution >= 4 is 5.69 Å². The van der Waals surface area contributed by atoms with Gasteiger partial charge in [0.15, 0.2) is 5.82 Å². The summed E-state index contributed by atoms with van der Waals surface area (Å²) in [6.07, 6.45) is 5.90. The molecule has 98 valence electrons. The Morgan fingerprint density at radius 1 is 1.11 bits per heavy atom. The zero-order valence-electron chi connectivity index (χ0n) is 11.0. The smallest absolute Gasteiger partial charge is 0.155 e. The van der Waals surface area contributed by atoms with Crippen molar-refractivity contribution in [3.05, 3.63) is 41.5 Å². The van der Waals surface area contributed by atoms with Gasteiger partial charge in [-0.2, -0.15) is 0 Å². The predicted octanol–water partition coefficient (Wildman–Crippen LogP) is 2.71. The van der Waals surface area contributed by atoms with Gasteiger partial charge in [0.25, 0.3) is 0 Å². The molecule has 0 spiro atoms. The van der Waals surface area contributed by atoms with Gasteiger partial charge in [-0.15, -0.1) is 10.2 Å². The zero-order chi connectivity index (χ0) is 12.7. The number of hydrogen-bond acceptors (Lipinski definition) is 3. The van der Waals surface area contributed by atoms with Crippen molar-refractivity contribution in [2.45, 2.75) is 44.7 Å². The number of hydrogen-bond donors (Lipinski definition) is 1. The normalized spacial score (nSPS) is 21.4. The third kappa shape index (κ3) is 1.82. The molecule has 4 rings (SSSR count). The van der Waals surface area contributed by atoms with E-state index in [-0.39, 0.29) is 6.04 Å². The molecule has 0 bridgehead atoms. The first-order chi connectivity index (χ1) is 9.42. The predicted molar refractivity (Wildman–Crippen MR) is 74.1 cm³/mol. The lowest BCUT2D eigenvalue weighted by Crippen LogP contribution is -2.14. The van der Waals surface area contributed by atoms with Gasteiger partial charge in [-0.05, 0) is 24.5 Å². The van der Waals surface area contributed by atoms with Crippen LogP contribution in [0.15, 0.2) is 24.3 Å². The number of aryl methyl sites for hydroxylation is 1. The minimum absolute atomic E-state index is 0.289. The Labute approximate surface area is 112 Å². The van der Waals surface area contributed by atoms with Gasteiger partial charge in [0.05, 0.1) is 6.04 Å². The molecule has 0 saturated carbocycles. The molecule has 0 saturated heterocycles. The molecule has 4 nitrogen and oxygen atoms in total. The molecule has 2 aliphatic rings. The van der Waals surface area contributed by atoms with Gasteiger partial charge >= 0.3 is 0 Å². The number of para-hydroxylation sites is 1. The number of rotatable bonds is 1. The van der Waals surface area contributed by atoms with Crippen LogP contribution in [-0.4, -0.2) is 14.8 Å². The summed E-state index contributed by atoms with van der Waals surface area (Å²) in [5.41, 5.74) is 2.64. The van der Waals surface area contributed by atoms with E-state index in [1.807, 2.05) is 0 Å². The minimum atomic E-state index is 0.289. The Morgan fingerprint density at radius 2 is 2.05 bits per heavy atom. The highest BCUT2D eigenvalue weighted by Gasteiger charge is 2.27. The number of nitrogens with zero attached hydrogens (tertiary/aromatic N) is 3. The average molecular weight is 254 g/mol. The Bertz CT molecular complexity index is 577. The molecule has 2 aromatic rings. The van der Waals surface area contributed by atoms with E-state index < -0.39 is 0 Å². The van der Waals surface area contributed by atoms with E-state index in [9.17, 15) is 0 Å². The topological polar surface area (TPSA) is 42.7 Å². The van der Waals surface area contributed by atoms with E-state index in [1.165, 1.54) is 36.3 Å². The second kappa shape index (κ2) is 4.37. The molecule has 1 unspecified atom stereocenters. The van der Waals surface area contributed by atoms with Gasteiger partial charge in [-0.3, -0.25) is 0 Å². The fourth-order valence-electron chi connectivity index (χ4n) is 3.22. The quantitative estimate of drug-likeness (QED) is 0.851. The monoisotopic (exact) mass is 254 g/mol. The Hall–Kier alpha value is -1.84. The minimum Gasteiger partial charge on any atom is -0.375 e. The molecule has 1 atom stereocenters. The number of benzene rings is 1. The summed E-state index contributed by atoms with van der Waals surface area (Å²) in [6, 6.07) is 8.82. The number of anilines is 1. The first kappa shape index (κ1) is 11.0.